The molecule has 1 aromatic rings. The van der Waals surface area contributed by atoms with Gasteiger partial charge in [0.05, 0.1) is 0 Å². The van der Waals surface area contributed by atoms with Gasteiger partial charge in [-0.2, -0.15) is 0 Å². The van der Waals surface area contributed by atoms with Gasteiger partial charge in [0, 0.05) is 18.0 Å². The van der Waals surface area contributed by atoms with E-state index in [0.29, 0.717) is 11.7 Å². The second-order valence-corrected chi connectivity index (χ2v) is 5.76. The maximum Gasteiger partial charge on any atom is 0.166 e. The predicted octanol–water partition coefficient (Wildman–Crippen LogP) is 2.94. The minimum Gasteiger partial charge on any atom is -0.300 e. The molecule has 0 amide bonds. The fourth-order valence-corrected chi connectivity index (χ4v) is 3.57. The van der Waals surface area contributed by atoms with Crippen molar-refractivity contribution in [3.63, 3.8) is 0 Å². The molecule has 2 heteroatoms. The summed E-state index contributed by atoms with van der Waals surface area (Å²) >= 11 is 0. The number of benzene rings is 1. The van der Waals surface area contributed by atoms with Crippen LogP contribution >= 0.6 is 0 Å². The van der Waals surface area contributed by atoms with Crippen molar-refractivity contribution in [2.45, 2.75) is 19.3 Å². The highest BCUT2D eigenvalue weighted by Crippen LogP contribution is 2.36. The molecule has 1 unspecified atom stereocenters. The van der Waals surface area contributed by atoms with Gasteiger partial charge >= 0.3 is 0 Å². The van der Waals surface area contributed by atoms with E-state index in [4.69, 9.17) is 0 Å². The molecule has 1 aliphatic carbocycles. The summed E-state index contributed by atoms with van der Waals surface area (Å²) in [5.74, 6) is 1.20. The van der Waals surface area contributed by atoms with Gasteiger partial charge < -0.3 is 0 Å². The summed E-state index contributed by atoms with van der Waals surface area (Å²) in [6.07, 6.45) is 5.23. The molecule has 1 saturated heterocycles. The summed E-state index contributed by atoms with van der Waals surface area (Å²) in [4.78, 5) is 14.9. The number of rotatable bonds is 3. The predicted molar refractivity (Wildman–Crippen MR) is 77.3 cm³/mol. The van der Waals surface area contributed by atoms with E-state index >= 15 is 0 Å². The summed E-state index contributed by atoms with van der Waals surface area (Å²) < 4.78 is 0. The number of hydrogen-bond acceptors (Lipinski definition) is 2. The highest BCUT2D eigenvalue weighted by Gasteiger charge is 2.37. The molecule has 0 aromatic heterocycles. The monoisotopic (exact) mass is 255 g/mol. The van der Waals surface area contributed by atoms with Gasteiger partial charge in [0.15, 0.2) is 5.78 Å². The number of hydrogen-bond donors (Lipinski definition) is 0. The Morgan fingerprint density at radius 2 is 2.00 bits per heavy atom. The highest BCUT2D eigenvalue weighted by atomic mass is 16.1. The van der Waals surface area contributed by atoms with Crippen molar-refractivity contribution < 1.29 is 4.79 Å². The fourth-order valence-electron chi connectivity index (χ4n) is 3.57. The lowest BCUT2D eigenvalue weighted by Gasteiger charge is -2.33. The molecular weight excluding hydrogens is 234 g/mol. The van der Waals surface area contributed by atoms with Crippen LogP contribution in [0.25, 0.3) is 0 Å². The van der Waals surface area contributed by atoms with Crippen molar-refractivity contribution in [1.29, 1.82) is 0 Å². The second kappa shape index (κ2) is 5.30. The minimum atomic E-state index is 0.239. The van der Waals surface area contributed by atoms with Gasteiger partial charge in [0.1, 0.15) is 0 Å². The van der Waals surface area contributed by atoms with Crippen LogP contribution in [0.1, 0.15) is 28.8 Å². The Balaban J connectivity index is 1.67. The third kappa shape index (κ3) is 2.37. The topological polar surface area (TPSA) is 20.3 Å². The van der Waals surface area contributed by atoms with Crippen LogP contribution in [0.15, 0.2) is 36.9 Å². The van der Waals surface area contributed by atoms with Crippen molar-refractivity contribution >= 4 is 5.78 Å². The number of ketones is 1. The van der Waals surface area contributed by atoms with Crippen LogP contribution in [-0.2, 0) is 6.42 Å². The van der Waals surface area contributed by atoms with E-state index in [-0.39, 0.29) is 5.92 Å². The summed E-state index contributed by atoms with van der Waals surface area (Å²) in [5, 5.41) is 0. The van der Waals surface area contributed by atoms with Crippen LogP contribution in [0.2, 0.25) is 0 Å². The minimum absolute atomic E-state index is 0.239. The van der Waals surface area contributed by atoms with E-state index in [1.54, 1.807) is 0 Å². The Labute approximate surface area is 115 Å². The molecule has 1 atom stereocenters. The number of Topliss-reactive ketones (excluding diaryl/α,β-unsaturated/α-hetero) is 1. The molecule has 1 aliphatic heterocycles. The van der Waals surface area contributed by atoms with Gasteiger partial charge in [0.2, 0.25) is 0 Å². The number of fused-ring (bicyclic) bond motifs is 1. The van der Waals surface area contributed by atoms with E-state index in [1.807, 2.05) is 24.3 Å². The van der Waals surface area contributed by atoms with Crippen molar-refractivity contribution in [2.24, 2.45) is 11.8 Å². The quantitative estimate of drug-likeness (QED) is 0.774. The zero-order valence-electron chi connectivity index (χ0n) is 11.3. The van der Waals surface area contributed by atoms with E-state index in [0.717, 1.165) is 44.5 Å². The summed E-state index contributed by atoms with van der Waals surface area (Å²) in [6, 6.07) is 8.12. The second-order valence-electron chi connectivity index (χ2n) is 5.76. The van der Waals surface area contributed by atoms with Gasteiger partial charge in [-0.15, -0.1) is 6.58 Å². The van der Waals surface area contributed by atoms with E-state index in [1.165, 1.54) is 5.56 Å². The summed E-state index contributed by atoms with van der Waals surface area (Å²) in [5.41, 5.74) is 2.23. The number of carbonyl (C=O) groups excluding carboxylic acids is 1. The van der Waals surface area contributed by atoms with Crippen LogP contribution < -0.4 is 0 Å². The molecule has 2 aliphatic rings. The first-order valence-corrected chi connectivity index (χ1v) is 7.25. The molecule has 0 N–H and O–H groups in total. The fraction of sp³-hybridized carbons (Fsp3) is 0.471. The van der Waals surface area contributed by atoms with Crippen LogP contribution in [0.5, 0.6) is 0 Å². The Bertz CT molecular complexity index is 486. The Morgan fingerprint density at radius 3 is 2.68 bits per heavy atom. The molecule has 0 bridgehead atoms. The molecule has 3 rings (SSSR count). The van der Waals surface area contributed by atoms with Crippen LogP contribution in [0.4, 0.5) is 0 Å². The normalized spacial score (nSPS) is 24.4. The van der Waals surface area contributed by atoms with Crippen molar-refractivity contribution in [3.05, 3.63) is 48.0 Å². The molecule has 1 aromatic carbocycles. The molecule has 19 heavy (non-hydrogen) atoms. The molecule has 2 nitrogen and oxygen atoms in total. The Hall–Kier alpha value is -1.41. The lowest BCUT2D eigenvalue weighted by molar-refractivity contribution is 0.0832. The van der Waals surface area contributed by atoms with Crippen LogP contribution in [-0.4, -0.2) is 30.3 Å². The molecule has 0 spiro atoms. The first-order chi connectivity index (χ1) is 9.29. The Morgan fingerprint density at radius 1 is 1.26 bits per heavy atom. The largest absolute Gasteiger partial charge is 0.300 e. The highest BCUT2D eigenvalue weighted by molar-refractivity contribution is 6.02. The molecule has 0 radical (unpaired) electrons. The molecular formula is C17H21NO. The smallest absolute Gasteiger partial charge is 0.166 e. The van der Waals surface area contributed by atoms with Gasteiger partial charge in [-0.25, -0.2) is 0 Å². The van der Waals surface area contributed by atoms with Crippen molar-refractivity contribution in [1.82, 2.24) is 4.90 Å². The zero-order valence-corrected chi connectivity index (χ0v) is 11.3. The maximum atomic E-state index is 12.5. The van der Waals surface area contributed by atoms with Crippen molar-refractivity contribution in [2.75, 3.05) is 19.6 Å². The van der Waals surface area contributed by atoms with E-state index in [2.05, 4.69) is 17.5 Å². The van der Waals surface area contributed by atoms with Gasteiger partial charge in [-0.1, -0.05) is 30.3 Å². The van der Waals surface area contributed by atoms with E-state index in [9.17, 15) is 4.79 Å². The SMILES string of the molecule is C=CCN1CCC(C2Cc3ccccc3C2=O)CC1. The lowest BCUT2D eigenvalue weighted by Crippen LogP contribution is -2.37. The van der Waals surface area contributed by atoms with E-state index < -0.39 is 0 Å². The first-order valence-electron chi connectivity index (χ1n) is 7.25. The molecule has 1 heterocycles. The number of piperidine rings is 1. The number of carbonyl (C=O) groups is 1. The summed E-state index contributed by atoms with van der Waals surface area (Å²) in [6.45, 7) is 6.99. The number of likely N-dealkylation sites (tertiary alicyclic amines) is 1. The molecule has 1 fully saturated rings. The molecule has 0 saturated carbocycles. The average molecular weight is 255 g/mol. The van der Waals surface area contributed by atoms with Crippen LogP contribution in [0, 0.1) is 11.8 Å². The number of nitrogens with zero attached hydrogens (tertiary/aromatic N) is 1. The van der Waals surface area contributed by atoms with Gasteiger partial charge in [-0.3, -0.25) is 9.69 Å². The Kier molecular flexibility index (Phi) is 3.52. The lowest BCUT2D eigenvalue weighted by atomic mass is 9.82. The van der Waals surface area contributed by atoms with Gasteiger partial charge in [0.25, 0.3) is 0 Å². The van der Waals surface area contributed by atoms with Crippen molar-refractivity contribution in [3.8, 4) is 0 Å². The standard InChI is InChI=1S/C17H21NO/c1-2-9-18-10-7-13(8-11-18)16-12-14-5-3-4-6-15(14)17(16)19/h2-6,13,16H,1,7-12H2. The summed E-state index contributed by atoms with van der Waals surface area (Å²) in [7, 11) is 0. The third-order valence-electron chi connectivity index (χ3n) is 4.65. The molecule has 100 valence electrons. The maximum absolute atomic E-state index is 12.5. The first kappa shape index (κ1) is 12.6. The van der Waals surface area contributed by atoms with Gasteiger partial charge in [-0.05, 0) is 43.8 Å². The third-order valence-corrected chi connectivity index (χ3v) is 4.65. The average Bonchev–Trinajstić information content (AvgIpc) is 2.78. The van der Waals surface area contributed by atoms with Crippen LogP contribution in [0.3, 0.4) is 0 Å². The zero-order chi connectivity index (χ0) is 13.2.